The summed E-state index contributed by atoms with van der Waals surface area (Å²) in [6.45, 7) is 5.27. The maximum absolute atomic E-state index is 12.1. The second-order valence-corrected chi connectivity index (χ2v) is 6.50. The molecule has 7 heteroatoms. The highest BCUT2D eigenvalue weighted by atomic mass is 16.6. The van der Waals surface area contributed by atoms with Crippen molar-refractivity contribution in [2.45, 2.75) is 39.2 Å². The monoisotopic (exact) mass is 344 g/mol. The first-order chi connectivity index (χ1) is 11.7. The SMILES string of the molecule is CC(C)(C)OC(=O)CCC(=O)Nc1cccc2c(C(=O)O)ccnc12. The molecule has 0 bridgehead atoms. The van der Waals surface area contributed by atoms with Gasteiger partial charge in [0.1, 0.15) is 5.60 Å². The number of hydrogen-bond donors (Lipinski definition) is 2. The van der Waals surface area contributed by atoms with Crippen LogP contribution in [0.2, 0.25) is 0 Å². The number of carbonyl (C=O) groups is 3. The largest absolute Gasteiger partial charge is 0.478 e. The maximum Gasteiger partial charge on any atom is 0.336 e. The predicted molar refractivity (Wildman–Crippen MR) is 92.4 cm³/mol. The van der Waals surface area contributed by atoms with Crippen molar-refractivity contribution in [1.29, 1.82) is 0 Å². The summed E-state index contributed by atoms with van der Waals surface area (Å²) >= 11 is 0. The van der Waals surface area contributed by atoms with Gasteiger partial charge < -0.3 is 15.2 Å². The third kappa shape index (κ3) is 5.00. The number of hydrogen-bond acceptors (Lipinski definition) is 5. The Morgan fingerprint density at radius 1 is 1.16 bits per heavy atom. The van der Waals surface area contributed by atoms with Gasteiger partial charge in [-0.2, -0.15) is 0 Å². The van der Waals surface area contributed by atoms with Gasteiger partial charge in [0, 0.05) is 18.0 Å². The number of aromatic carboxylic acids is 1. The van der Waals surface area contributed by atoms with E-state index in [0.29, 0.717) is 16.6 Å². The molecular weight excluding hydrogens is 324 g/mol. The van der Waals surface area contributed by atoms with Crippen molar-refractivity contribution in [2.24, 2.45) is 0 Å². The average molecular weight is 344 g/mol. The first kappa shape index (κ1) is 18.4. The molecule has 2 rings (SSSR count). The maximum atomic E-state index is 12.1. The van der Waals surface area contributed by atoms with E-state index < -0.39 is 17.5 Å². The van der Waals surface area contributed by atoms with E-state index in [1.54, 1.807) is 39.0 Å². The van der Waals surface area contributed by atoms with Crippen LogP contribution < -0.4 is 5.32 Å². The molecule has 0 unspecified atom stereocenters. The number of benzene rings is 1. The van der Waals surface area contributed by atoms with Crippen LogP contribution in [0.25, 0.3) is 10.9 Å². The molecule has 2 aromatic rings. The van der Waals surface area contributed by atoms with Crippen LogP contribution in [-0.4, -0.2) is 33.5 Å². The van der Waals surface area contributed by atoms with Gasteiger partial charge in [0.15, 0.2) is 0 Å². The van der Waals surface area contributed by atoms with E-state index in [0.717, 1.165) is 0 Å². The van der Waals surface area contributed by atoms with Crippen molar-refractivity contribution in [3.63, 3.8) is 0 Å². The third-order valence-electron chi connectivity index (χ3n) is 3.25. The lowest BCUT2D eigenvalue weighted by molar-refractivity contribution is -0.155. The van der Waals surface area contributed by atoms with Gasteiger partial charge in [-0.25, -0.2) is 4.79 Å². The smallest absolute Gasteiger partial charge is 0.336 e. The van der Waals surface area contributed by atoms with E-state index in [1.807, 2.05) is 0 Å². The molecule has 0 saturated carbocycles. The lowest BCUT2D eigenvalue weighted by atomic mass is 10.1. The van der Waals surface area contributed by atoms with E-state index >= 15 is 0 Å². The van der Waals surface area contributed by atoms with Crippen molar-refractivity contribution in [3.8, 4) is 0 Å². The van der Waals surface area contributed by atoms with Crippen LogP contribution in [-0.2, 0) is 14.3 Å². The molecule has 1 aromatic heterocycles. The molecule has 0 radical (unpaired) electrons. The van der Waals surface area contributed by atoms with Crippen molar-refractivity contribution in [3.05, 3.63) is 36.0 Å². The summed E-state index contributed by atoms with van der Waals surface area (Å²) in [6.07, 6.45) is 1.30. The van der Waals surface area contributed by atoms with E-state index in [-0.39, 0.29) is 24.3 Å². The standard InChI is InChI=1S/C18H20N2O5/c1-18(2,3)25-15(22)8-7-14(21)20-13-6-4-5-11-12(17(23)24)9-10-19-16(11)13/h4-6,9-10H,7-8H2,1-3H3,(H,20,21)(H,23,24). The minimum atomic E-state index is -1.07. The van der Waals surface area contributed by atoms with Crippen LogP contribution >= 0.6 is 0 Å². The Balaban J connectivity index is 2.10. The predicted octanol–water partition coefficient (Wildman–Crippen LogP) is 2.99. The van der Waals surface area contributed by atoms with E-state index in [9.17, 15) is 19.5 Å². The van der Waals surface area contributed by atoms with Gasteiger partial charge in [-0.3, -0.25) is 14.6 Å². The normalized spacial score (nSPS) is 11.2. The number of rotatable bonds is 5. The Kier molecular flexibility index (Phi) is 5.36. The Bertz CT molecular complexity index is 824. The Morgan fingerprint density at radius 3 is 2.52 bits per heavy atom. The molecule has 25 heavy (non-hydrogen) atoms. The van der Waals surface area contributed by atoms with Crippen molar-refractivity contribution in [1.82, 2.24) is 4.98 Å². The molecule has 1 aromatic carbocycles. The Hall–Kier alpha value is -2.96. The number of esters is 1. The lowest BCUT2D eigenvalue weighted by Gasteiger charge is -2.19. The van der Waals surface area contributed by atoms with Gasteiger partial charge in [-0.1, -0.05) is 12.1 Å². The van der Waals surface area contributed by atoms with Gasteiger partial charge in [-0.05, 0) is 32.9 Å². The summed E-state index contributed by atoms with van der Waals surface area (Å²) < 4.78 is 5.15. The third-order valence-corrected chi connectivity index (χ3v) is 3.25. The zero-order valence-electron chi connectivity index (χ0n) is 14.3. The number of amides is 1. The minimum absolute atomic E-state index is 0.0378. The number of pyridine rings is 1. The van der Waals surface area contributed by atoms with Crippen molar-refractivity contribution in [2.75, 3.05) is 5.32 Å². The van der Waals surface area contributed by atoms with Crippen molar-refractivity contribution < 1.29 is 24.2 Å². The van der Waals surface area contributed by atoms with Crippen molar-refractivity contribution >= 4 is 34.4 Å². The number of fused-ring (bicyclic) bond motifs is 1. The molecule has 132 valence electrons. The number of carboxylic acid groups (broad SMARTS) is 1. The number of para-hydroxylation sites is 1. The van der Waals surface area contributed by atoms with E-state index in [2.05, 4.69) is 10.3 Å². The quantitative estimate of drug-likeness (QED) is 0.808. The number of ether oxygens (including phenoxy) is 1. The molecule has 0 aliphatic carbocycles. The second-order valence-electron chi connectivity index (χ2n) is 6.50. The molecule has 0 saturated heterocycles. The Labute approximate surface area is 145 Å². The van der Waals surface area contributed by atoms with E-state index in [4.69, 9.17) is 4.74 Å². The fourth-order valence-corrected chi connectivity index (χ4v) is 2.28. The van der Waals surface area contributed by atoms with Crippen LogP contribution in [0.4, 0.5) is 5.69 Å². The summed E-state index contributed by atoms with van der Waals surface area (Å²) in [5, 5.41) is 12.3. The number of nitrogens with zero attached hydrogens (tertiary/aromatic N) is 1. The van der Waals surface area contributed by atoms with Crippen LogP contribution in [0.3, 0.4) is 0 Å². The number of nitrogens with one attached hydrogen (secondary N) is 1. The molecule has 0 fully saturated rings. The number of aromatic nitrogens is 1. The second kappa shape index (κ2) is 7.29. The summed E-state index contributed by atoms with van der Waals surface area (Å²) in [6, 6.07) is 6.30. The van der Waals surface area contributed by atoms with Crippen LogP contribution in [0.15, 0.2) is 30.5 Å². The average Bonchev–Trinajstić information content (AvgIpc) is 2.51. The zero-order valence-corrected chi connectivity index (χ0v) is 14.3. The summed E-state index contributed by atoms with van der Waals surface area (Å²) in [5.74, 6) is -1.89. The Morgan fingerprint density at radius 2 is 1.88 bits per heavy atom. The molecule has 7 nitrogen and oxygen atoms in total. The highest BCUT2D eigenvalue weighted by Crippen LogP contribution is 2.24. The van der Waals surface area contributed by atoms with Gasteiger partial charge in [0.05, 0.1) is 23.2 Å². The molecule has 1 amide bonds. The molecule has 1 heterocycles. The van der Waals surface area contributed by atoms with Gasteiger partial charge in [-0.15, -0.1) is 0 Å². The van der Waals surface area contributed by atoms with Crippen LogP contribution in [0.5, 0.6) is 0 Å². The van der Waals surface area contributed by atoms with E-state index in [1.165, 1.54) is 12.3 Å². The molecule has 0 spiro atoms. The lowest BCUT2D eigenvalue weighted by Crippen LogP contribution is -2.24. The summed E-state index contributed by atoms with van der Waals surface area (Å²) in [4.78, 5) is 39.2. The highest BCUT2D eigenvalue weighted by molar-refractivity contribution is 6.08. The molecule has 0 aliphatic rings. The first-order valence-electron chi connectivity index (χ1n) is 7.80. The fourth-order valence-electron chi connectivity index (χ4n) is 2.28. The van der Waals surface area contributed by atoms with Crippen LogP contribution in [0.1, 0.15) is 44.0 Å². The number of carboxylic acids is 1. The van der Waals surface area contributed by atoms with Crippen LogP contribution in [0, 0.1) is 0 Å². The zero-order chi connectivity index (χ0) is 18.6. The van der Waals surface area contributed by atoms with Gasteiger partial charge in [0.2, 0.25) is 5.91 Å². The fraction of sp³-hybridized carbons (Fsp3) is 0.333. The molecule has 0 atom stereocenters. The van der Waals surface area contributed by atoms with Gasteiger partial charge in [0.25, 0.3) is 0 Å². The van der Waals surface area contributed by atoms with Gasteiger partial charge >= 0.3 is 11.9 Å². The summed E-state index contributed by atoms with van der Waals surface area (Å²) in [5.41, 5.74) is 0.290. The summed E-state index contributed by atoms with van der Waals surface area (Å²) in [7, 11) is 0. The topological polar surface area (TPSA) is 106 Å². The molecule has 2 N–H and O–H groups in total. The first-order valence-corrected chi connectivity index (χ1v) is 7.80. The number of anilines is 1. The number of carbonyl (C=O) groups excluding carboxylic acids is 2. The minimum Gasteiger partial charge on any atom is -0.478 e. The molecule has 0 aliphatic heterocycles. The highest BCUT2D eigenvalue weighted by Gasteiger charge is 2.18. The molecular formula is C18H20N2O5.